The van der Waals surface area contributed by atoms with Crippen molar-refractivity contribution < 1.29 is 9.53 Å². The Kier molecular flexibility index (Phi) is 5.06. The molecule has 2 aromatic heterocycles. The van der Waals surface area contributed by atoms with E-state index < -0.39 is 0 Å². The Labute approximate surface area is 155 Å². The molecule has 0 saturated carbocycles. The molecule has 0 N–H and O–H groups in total. The molecule has 0 aliphatic carbocycles. The van der Waals surface area contributed by atoms with Crippen molar-refractivity contribution in [2.24, 2.45) is 0 Å². The van der Waals surface area contributed by atoms with Gasteiger partial charge in [-0.1, -0.05) is 0 Å². The lowest BCUT2D eigenvalue weighted by Crippen LogP contribution is -2.40. The highest BCUT2D eigenvalue weighted by atomic mass is 16.5. The summed E-state index contributed by atoms with van der Waals surface area (Å²) in [5.74, 6) is 0.203. The van der Waals surface area contributed by atoms with Gasteiger partial charge in [-0.3, -0.25) is 4.79 Å². The van der Waals surface area contributed by atoms with Crippen LogP contribution in [0.25, 0.3) is 11.0 Å². The van der Waals surface area contributed by atoms with Crippen LogP contribution in [0.5, 0.6) is 0 Å². The second-order valence-corrected chi connectivity index (χ2v) is 8.16. The number of pyridine rings is 1. The summed E-state index contributed by atoms with van der Waals surface area (Å²) < 4.78 is 7.34. The van der Waals surface area contributed by atoms with E-state index in [4.69, 9.17) is 14.8 Å². The second-order valence-electron chi connectivity index (χ2n) is 8.16. The van der Waals surface area contributed by atoms with Crippen LogP contribution in [0.15, 0.2) is 0 Å². The molecule has 3 rings (SSSR count). The SMILES string of the molecule is Cc1nc2c(c(C)nn2C(C)(C)C)c(C)c1CCC(=O)N1CCOCC1. The van der Waals surface area contributed by atoms with E-state index in [2.05, 4.69) is 27.7 Å². The average molecular weight is 358 g/mol. The summed E-state index contributed by atoms with van der Waals surface area (Å²) in [6.45, 7) is 15.3. The highest BCUT2D eigenvalue weighted by Crippen LogP contribution is 2.29. The Morgan fingerprint density at radius 2 is 1.77 bits per heavy atom. The number of rotatable bonds is 3. The van der Waals surface area contributed by atoms with Crippen molar-refractivity contribution in [3.05, 3.63) is 22.5 Å². The number of carbonyl (C=O) groups excluding carboxylic acids is 1. The minimum absolute atomic E-state index is 0.119. The van der Waals surface area contributed by atoms with E-state index in [1.807, 2.05) is 23.4 Å². The molecule has 1 saturated heterocycles. The highest BCUT2D eigenvalue weighted by Gasteiger charge is 2.24. The van der Waals surface area contributed by atoms with Gasteiger partial charge < -0.3 is 9.64 Å². The lowest BCUT2D eigenvalue weighted by Gasteiger charge is -2.27. The van der Waals surface area contributed by atoms with Crippen molar-refractivity contribution in [2.75, 3.05) is 26.3 Å². The number of morpholine rings is 1. The van der Waals surface area contributed by atoms with Crippen molar-refractivity contribution >= 4 is 16.9 Å². The predicted octanol–water partition coefficient (Wildman–Crippen LogP) is 2.90. The lowest BCUT2D eigenvalue weighted by atomic mass is 9.98. The van der Waals surface area contributed by atoms with E-state index in [9.17, 15) is 4.79 Å². The second kappa shape index (κ2) is 6.99. The third kappa shape index (κ3) is 3.47. The summed E-state index contributed by atoms with van der Waals surface area (Å²) in [4.78, 5) is 19.3. The largest absolute Gasteiger partial charge is 0.378 e. The van der Waals surface area contributed by atoms with Gasteiger partial charge in [0.2, 0.25) is 5.91 Å². The number of hydrogen-bond donors (Lipinski definition) is 0. The Balaban J connectivity index is 1.90. The Hall–Kier alpha value is -1.95. The van der Waals surface area contributed by atoms with Gasteiger partial charge in [0, 0.05) is 30.6 Å². The van der Waals surface area contributed by atoms with Gasteiger partial charge in [-0.05, 0) is 59.1 Å². The summed E-state index contributed by atoms with van der Waals surface area (Å²) >= 11 is 0. The van der Waals surface area contributed by atoms with Crippen LogP contribution in [-0.4, -0.2) is 51.9 Å². The molecule has 0 unspecified atom stereocenters. The minimum atomic E-state index is -0.119. The number of carbonyl (C=O) groups is 1. The van der Waals surface area contributed by atoms with Crippen LogP contribution in [0.4, 0.5) is 0 Å². The van der Waals surface area contributed by atoms with E-state index in [0.717, 1.165) is 28.8 Å². The first-order valence-electron chi connectivity index (χ1n) is 9.41. The molecule has 6 nitrogen and oxygen atoms in total. The molecule has 0 radical (unpaired) electrons. The number of amides is 1. The molecular weight excluding hydrogens is 328 g/mol. The Morgan fingerprint density at radius 3 is 2.38 bits per heavy atom. The summed E-state index contributed by atoms with van der Waals surface area (Å²) in [6, 6.07) is 0. The Bertz CT molecular complexity index is 827. The molecule has 2 aromatic rings. The minimum Gasteiger partial charge on any atom is -0.378 e. The number of nitrogens with zero attached hydrogens (tertiary/aromatic N) is 4. The number of fused-ring (bicyclic) bond motifs is 1. The standard InChI is InChI=1S/C20H30N4O2/c1-13-16(7-8-17(25)23-9-11-26-12-10-23)14(2)21-19-18(13)15(3)22-24(19)20(4,5)6/h7-12H2,1-6H3. The number of ether oxygens (including phenoxy) is 1. The summed E-state index contributed by atoms with van der Waals surface area (Å²) in [6.07, 6.45) is 1.23. The zero-order valence-corrected chi connectivity index (χ0v) is 16.8. The Morgan fingerprint density at radius 1 is 1.12 bits per heavy atom. The fourth-order valence-electron chi connectivity index (χ4n) is 3.74. The lowest BCUT2D eigenvalue weighted by molar-refractivity contribution is -0.135. The van der Waals surface area contributed by atoms with Gasteiger partial charge in [0.15, 0.2) is 5.65 Å². The molecule has 1 aliphatic heterocycles. The van der Waals surface area contributed by atoms with Gasteiger partial charge in [0.25, 0.3) is 0 Å². The topological polar surface area (TPSA) is 60.2 Å². The molecular formula is C20H30N4O2. The molecule has 6 heteroatoms. The molecule has 3 heterocycles. The third-order valence-electron chi connectivity index (χ3n) is 5.16. The van der Waals surface area contributed by atoms with Crippen molar-refractivity contribution in [2.45, 2.75) is 59.9 Å². The summed E-state index contributed by atoms with van der Waals surface area (Å²) in [7, 11) is 0. The van der Waals surface area contributed by atoms with E-state index >= 15 is 0 Å². The molecule has 142 valence electrons. The summed E-state index contributed by atoms with van der Waals surface area (Å²) in [5, 5.41) is 5.86. The van der Waals surface area contributed by atoms with Crippen LogP contribution in [0.1, 0.15) is 49.7 Å². The van der Waals surface area contributed by atoms with Crippen molar-refractivity contribution in [1.29, 1.82) is 0 Å². The van der Waals surface area contributed by atoms with E-state index in [1.165, 1.54) is 11.1 Å². The van der Waals surface area contributed by atoms with Crippen LogP contribution >= 0.6 is 0 Å². The van der Waals surface area contributed by atoms with Crippen LogP contribution in [0.3, 0.4) is 0 Å². The highest BCUT2D eigenvalue weighted by molar-refractivity contribution is 5.84. The smallest absolute Gasteiger partial charge is 0.223 e. The normalized spacial score (nSPS) is 15.7. The predicted molar refractivity (Wildman–Crippen MR) is 102 cm³/mol. The fraction of sp³-hybridized carbons (Fsp3) is 0.650. The van der Waals surface area contributed by atoms with Gasteiger partial charge in [-0.2, -0.15) is 5.10 Å². The maximum Gasteiger partial charge on any atom is 0.223 e. The summed E-state index contributed by atoms with van der Waals surface area (Å²) in [5.41, 5.74) is 5.20. The first-order chi connectivity index (χ1) is 12.2. The van der Waals surface area contributed by atoms with E-state index in [-0.39, 0.29) is 11.4 Å². The molecule has 0 spiro atoms. The zero-order valence-electron chi connectivity index (χ0n) is 16.8. The van der Waals surface area contributed by atoms with E-state index in [0.29, 0.717) is 32.7 Å². The monoisotopic (exact) mass is 358 g/mol. The number of hydrogen-bond acceptors (Lipinski definition) is 4. The first-order valence-corrected chi connectivity index (χ1v) is 9.41. The zero-order chi connectivity index (χ0) is 19.1. The molecule has 26 heavy (non-hydrogen) atoms. The van der Waals surface area contributed by atoms with E-state index in [1.54, 1.807) is 0 Å². The van der Waals surface area contributed by atoms with Crippen LogP contribution in [0.2, 0.25) is 0 Å². The van der Waals surface area contributed by atoms with Gasteiger partial charge >= 0.3 is 0 Å². The van der Waals surface area contributed by atoms with Crippen molar-refractivity contribution in [3.8, 4) is 0 Å². The number of aryl methyl sites for hydroxylation is 3. The van der Waals surface area contributed by atoms with Crippen LogP contribution in [0, 0.1) is 20.8 Å². The quantitative estimate of drug-likeness (QED) is 0.846. The van der Waals surface area contributed by atoms with Gasteiger partial charge in [0.05, 0.1) is 24.4 Å². The van der Waals surface area contributed by atoms with Gasteiger partial charge in [-0.25, -0.2) is 9.67 Å². The van der Waals surface area contributed by atoms with Crippen LogP contribution in [-0.2, 0) is 21.5 Å². The average Bonchev–Trinajstić information content (AvgIpc) is 2.92. The van der Waals surface area contributed by atoms with Gasteiger partial charge in [-0.15, -0.1) is 0 Å². The number of aromatic nitrogens is 3. The molecule has 0 atom stereocenters. The first kappa shape index (κ1) is 18.8. The van der Waals surface area contributed by atoms with Crippen LogP contribution < -0.4 is 0 Å². The molecule has 0 bridgehead atoms. The molecule has 1 fully saturated rings. The molecule has 1 aliphatic rings. The maximum atomic E-state index is 12.5. The van der Waals surface area contributed by atoms with Gasteiger partial charge in [0.1, 0.15) is 0 Å². The molecule has 0 aromatic carbocycles. The fourth-order valence-corrected chi connectivity index (χ4v) is 3.74. The molecule has 1 amide bonds. The maximum absolute atomic E-state index is 12.5. The van der Waals surface area contributed by atoms with Crippen molar-refractivity contribution in [1.82, 2.24) is 19.7 Å². The third-order valence-corrected chi connectivity index (χ3v) is 5.16. The van der Waals surface area contributed by atoms with Crippen molar-refractivity contribution in [3.63, 3.8) is 0 Å².